The van der Waals surface area contributed by atoms with E-state index in [2.05, 4.69) is 169 Å². The Labute approximate surface area is 328 Å². The molecule has 2 atom stereocenters. The largest absolute Gasteiger partial charge is 0.456 e. The number of benzene rings is 8. The monoisotopic (exact) mass is 732 g/mol. The third-order valence-corrected chi connectivity index (χ3v) is 12.2. The highest BCUT2D eigenvalue weighted by molar-refractivity contribution is 6.20. The fourth-order valence-corrected chi connectivity index (χ4v) is 9.51. The predicted octanol–water partition coefficient (Wildman–Crippen LogP) is 14.4. The minimum absolute atomic E-state index is 0.0945. The number of aliphatic imine (C=N–C) groups is 1. The Morgan fingerprint density at radius 1 is 0.526 bits per heavy atom. The smallest absolute Gasteiger partial charge is 0.138 e. The number of aromatic nitrogens is 1. The Kier molecular flexibility index (Phi) is 7.00. The van der Waals surface area contributed by atoms with Crippen molar-refractivity contribution in [3.8, 4) is 5.69 Å². The van der Waals surface area contributed by atoms with Gasteiger partial charge in [-0.3, -0.25) is 4.99 Å². The van der Waals surface area contributed by atoms with E-state index in [0.29, 0.717) is 6.42 Å². The summed E-state index contributed by atoms with van der Waals surface area (Å²) in [6, 6.07) is 60.6. The van der Waals surface area contributed by atoms with Crippen LogP contribution in [-0.4, -0.2) is 10.3 Å². The SMILES string of the molecule is CC1C(c2ccccc2)=CCC(c2cc(-n3c4ccccc4c4cc5ccccc5cc43)cc3oc4ccccc4c23)=NC1c1ccc2c(c1)oc1ccccc12. The zero-order chi connectivity index (χ0) is 37.6. The summed E-state index contributed by atoms with van der Waals surface area (Å²) in [5.41, 5.74) is 12.6. The Bertz CT molecular complexity index is 3470. The van der Waals surface area contributed by atoms with Crippen molar-refractivity contribution in [3.05, 3.63) is 193 Å². The molecule has 8 aromatic carbocycles. The number of fused-ring (bicyclic) bond motifs is 10. The van der Waals surface area contributed by atoms with Crippen molar-refractivity contribution in [2.45, 2.75) is 19.4 Å². The number of nitrogens with zero attached hydrogens (tertiary/aromatic N) is 2. The highest BCUT2D eigenvalue weighted by Gasteiger charge is 2.29. The molecule has 0 fully saturated rings. The first kappa shape index (κ1) is 32.1. The summed E-state index contributed by atoms with van der Waals surface area (Å²) in [6.07, 6.45) is 3.08. The zero-order valence-corrected chi connectivity index (χ0v) is 31.3. The molecule has 4 heterocycles. The summed E-state index contributed by atoms with van der Waals surface area (Å²) in [6.45, 7) is 2.32. The molecular formula is C53H36N2O2. The van der Waals surface area contributed by atoms with Crippen LogP contribution in [0.15, 0.2) is 190 Å². The first-order chi connectivity index (χ1) is 28.2. The van der Waals surface area contributed by atoms with Crippen LogP contribution >= 0.6 is 0 Å². The maximum absolute atomic E-state index is 6.75. The van der Waals surface area contributed by atoms with Gasteiger partial charge in [0.1, 0.15) is 22.3 Å². The third kappa shape index (κ3) is 4.97. The van der Waals surface area contributed by atoms with E-state index >= 15 is 0 Å². The van der Waals surface area contributed by atoms with Gasteiger partial charge in [-0.05, 0) is 69.9 Å². The fraction of sp³-hybridized carbons (Fsp3) is 0.0755. The molecule has 1 aliphatic heterocycles. The third-order valence-electron chi connectivity index (χ3n) is 12.2. The van der Waals surface area contributed by atoms with Gasteiger partial charge in [-0.15, -0.1) is 0 Å². The molecular weight excluding hydrogens is 697 g/mol. The van der Waals surface area contributed by atoms with Crippen LogP contribution < -0.4 is 0 Å². The van der Waals surface area contributed by atoms with Crippen LogP contribution in [0.4, 0.5) is 0 Å². The Morgan fingerprint density at radius 3 is 2.04 bits per heavy atom. The standard InChI is InChI=1S/C53H36N2O2/c1-32-38(33-13-3-2-4-14-33)25-26-45(54-53(32)36-23-24-41-40-18-8-11-21-48(40)56-50(41)29-36)44-30-37(31-51-52(44)42-19-9-12-22-49(42)57-51)55-46-20-10-7-17-39(46)43-27-34-15-5-6-16-35(34)28-47(43)55/h2-25,27-32,53H,26H2,1H3. The summed E-state index contributed by atoms with van der Waals surface area (Å²) in [4.78, 5) is 5.83. The molecule has 11 aromatic rings. The molecule has 0 bridgehead atoms. The lowest BCUT2D eigenvalue weighted by atomic mass is 9.85. The lowest BCUT2D eigenvalue weighted by Gasteiger charge is -2.23. The van der Waals surface area contributed by atoms with Crippen molar-refractivity contribution in [2.75, 3.05) is 0 Å². The number of hydrogen-bond donors (Lipinski definition) is 0. The van der Waals surface area contributed by atoms with E-state index in [1.165, 1.54) is 32.7 Å². The van der Waals surface area contributed by atoms with E-state index in [9.17, 15) is 0 Å². The molecule has 0 spiro atoms. The van der Waals surface area contributed by atoms with Gasteiger partial charge >= 0.3 is 0 Å². The summed E-state index contributed by atoms with van der Waals surface area (Å²) in [7, 11) is 0. The van der Waals surface area contributed by atoms with Crippen LogP contribution in [0, 0.1) is 5.92 Å². The van der Waals surface area contributed by atoms with Crippen molar-refractivity contribution in [1.29, 1.82) is 0 Å². The van der Waals surface area contributed by atoms with E-state index in [1.54, 1.807) is 0 Å². The number of allylic oxidation sites excluding steroid dienone is 1. The van der Waals surface area contributed by atoms with Crippen LogP contribution in [0.2, 0.25) is 0 Å². The van der Waals surface area contributed by atoms with Crippen molar-refractivity contribution in [1.82, 2.24) is 4.57 Å². The maximum Gasteiger partial charge on any atom is 0.138 e. The first-order valence-corrected chi connectivity index (χ1v) is 19.8. The van der Waals surface area contributed by atoms with Crippen LogP contribution in [-0.2, 0) is 0 Å². The van der Waals surface area contributed by atoms with Gasteiger partial charge in [-0.1, -0.05) is 134 Å². The lowest BCUT2D eigenvalue weighted by molar-refractivity contribution is 0.585. The van der Waals surface area contributed by atoms with Gasteiger partial charge in [0.25, 0.3) is 0 Å². The highest BCUT2D eigenvalue weighted by Crippen LogP contribution is 2.44. The second-order valence-corrected chi connectivity index (χ2v) is 15.4. The van der Waals surface area contributed by atoms with Crippen molar-refractivity contribution >= 4 is 87.7 Å². The Morgan fingerprint density at radius 2 is 1.19 bits per heavy atom. The number of para-hydroxylation sites is 3. The summed E-state index contributed by atoms with van der Waals surface area (Å²) >= 11 is 0. The quantitative estimate of drug-likeness (QED) is 0.181. The summed E-state index contributed by atoms with van der Waals surface area (Å²) in [5, 5.41) is 9.34. The molecule has 0 radical (unpaired) electrons. The molecule has 0 aliphatic carbocycles. The normalized spacial score (nSPS) is 16.3. The second-order valence-electron chi connectivity index (χ2n) is 15.4. The van der Waals surface area contributed by atoms with E-state index < -0.39 is 0 Å². The van der Waals surface area contributed by atoms with E-state index in [-0.39, 0.29) is 12.0 Å². The van der Waals surface area contributed by atoms with Crippen molar-refractivity contribution in [3.63, 3.8) is 0 Å². The molecule has 4 heteroatoms. The van der Waals surface area contributed by atoms with Crippen LogP contribution in [0.3, 0.4) is 0 Å². The molecule has 12 rings (SSSR count). The van der Waals surface area contributed by atoms with E-state index in [0.717, 1.165) is 77.4 Å². The second kappa shape index (κ2) is 12.4. The molecule has 0 saturated heterocycles. The van der Waals surface area contributed by atoms with Crippen LogP contribution in [0.1, 0.15) is 36.1 Å². The molecule has 4 nitrogen and oxygen atoms in total. The van der Waals surface area contributed by atoms with E-state index in [4.69, 9.17) is 13.8 Å². The molecule has 0 saturated carbocycles. The fourth-order valence-electron chi connectivity index (χ4n) is 9.51. The molecule has 3 aromatic heterocycles. The molecule has 270 valence electrons. The van der Waals surface area contributed by atoms with Crippen LogP contribution in [0.25, 0.3) is 87.7 Å². The average molecular weight is 733 g/mol. The van der Waals surface area contributed by atoms with Gasteiger partial charge in [-0.2, -0.15) is 0 Å². The number of furan rings is 2. The van der Waals surface area contributed by atoms with Gasteiger partial charge in [0.15, 0.2) is 0 Å². The highest BCUT2D eigenvalue weighted by atomic mass is 16.3. The number of hydrogen-bond acceptors (Lipinski definition) is 3. The predicted molar refractivity (Wildman–Crippen MR) is 237 cm³/mol. The zero-order valence-electron chi connectivity index (χ0n) is 31.3. The van der Waals surface area contributed by atoms with Crippen LogP contribution in [0.5, 0.6) is 0 Å². The van der Waals surface area contributed by atoms with Crippen molar-refractivity contribution < 1.29 is 8.83 Å². The Balaban J connectivity index is 1.13. The molecule has 2 unspecified atom stereocenters. The summed E-state index contributed by atoms with van der Waals surface area (Å²) in [5.74, 6) is 0.0945. The molecule has 0 N–H and O–H groups in total. The molecule has 1 aliphatic rings. The average Bonchev–Trinajstić information content (AvgIpc) is 3.88. The van der Waals surface area contributed by atoms with Gasteiger partial charge in [-0.25, -0.2) is 0 Å². The first-order valence-electron chi connectivity index (χ1n) is 19.8. The van der Waals surface area contributed by atoms with Gasteiger partial charge < -0.3 is 13.4 Å². The Hall–Kier alpha value is -7.17. The number of rotatable bonds is 4. The maximum atomic E-state index is 6.75. The molecule has 0 amide bonds. The summed E-state index contributed by atoms with van der Waals surface area (Å²) < 4.78 is 15.6. The van der Waals surface area contributed by atoms with E-state index in [1.807, 2.05) is 18.2 Å². The van der Waals surface area contributed by atoms with Gasteiger partial charge in [0.05, 0.1) is 22.8 Å². The lowest BCUT2D eigenvalue weighted by Crippen LogP contribution is -2.11. The van der Waals surface area contributed by atoms with Crippen molar-refractivity contribution in [2.24, 2.45) is 10.9 Å². The minimum Gasteiger partial charge on any atom is -0.456 e. The topological polar surface area (TPSA) is 43.6 Å². The molecule has 57 heavy (non-hydrogen) atoms. The minimum atomic E-state index is -0.164. The van der Waals surface area contributed by atoms with Gasteiger partial charge in [0, 0.05) is 62.0 Å². The van der Waals surface area contributed by atoms with Gasteiger partial charge in [0.2, 0.25) is 0 Å².